The maximum absolute atomic E-state index is 13.1. The molecule has 0 aromatic carbocycles. The van der Waals surface area contributed by atoms with Crippen LogP contribution in [0.25, 0.3) is 0 Å². The fourth-order valence-corrected chi connectivity index (χ4v) is 1.90. The first-order valence-corrected chi connectivity index (χ1v) is 5.10. The van der Waals surface area contributed by atoms with E-state index in [2.05, 4.69) is 23.2 Å². The molecular weight excluding hydrogens is 429 g/mol. The van der Waals surface area contributed by atoms with Gasteiger partial charge in [-0.25, -0.2) is 8.78 Å². The van der Waals surface area contributed by atoms with Gasteiger partial charge in [0.05, 0.1) is 0 Å². The maximum Gasteiger partial charge on any atom is 0.434 e. The molecule has 0 rings (SSSR count). The van der Waals surface area contributed by atoms with Crippen molar-refractivity contribution in [3.05, 3.63) is 0 Å². The highest BCUT2D eigenvalue weighted by atomic mass is 127. The Morgan fingerprint density at radius 2 is 1.00 bits per heavy atom. The Morgan fingerprint density at radius 3 is 1.06 bits per heavy atom. The van der Waals surface area contributed by atoms with Crippen molar-refractivity contribution in [1.29, 1.82) is 0 Å². The topological polar surface area (TPSA) is 0 Å². The lowest BCUT2D eigenvalue weighted by Crippen LogP contribution is -2.67. The molecule has 17 heavy (non-hydrogen) atoms. The predicted molar refractivity (Wildman–Crippen MR) is 49.4 cm³/mol. The molecule has 0 aliphatic carbocycles. The van der Waals surface area contributed by atoms with Gasteiger partial charge in [0.25, 0.3) is 0 Å². The minimum atomic E-state index is -6.72. The van der Waals surface area contributed by atoms with E-state index in [0.717, 1.165) is 0 Å². The zero-order valence-electron chi connectivity index (χ0n) is 7.04. The van der Waals surface area contributed by atoms with Crippen molar-refractivity contribution in [3.8, 4) is 0 Å². The molecule has 0 radical (unpaired) electrons. The van der Waals surface area contributed by atoms with Crippen LogP contribution in [-0.4, -0.2) is 26.3 Å². The van der Waals surface area contributed by atoms with E-state index >= 15 is 0 Å². The van der Waals surface area contributed by atoms with Gasteiger partial charge in [0.2, 0.25) is 0 Å². The van der Waals surface area contributed by atoms with Gasteiger partial charge in [-0.15, -0.1) is 0 Å². The highest BCUT2D eigenvalue weighted by Gasteiger charge is 2.86. The summed E-state index contributed by atoms with van der Waals surface area (Å²) in [6.45, 7) is 0. The van der Waals surface area contributed by atoms with Gasteiger partial charge in [-0.05, 0) is 11.6 Å². The third kappa shape index (κ3) is 2.67. The summed E-state index contributed by atoms with van der Waals surface area (Å²) in [5.41, 5.74) is -6.37. The van der Waals surface area contributed by atoms with Crippen molar-refractivity contribution >= 4 is 45.8 Å². The molecule has 0 N–H and O–H groups in total. The first-order chi connectivity index (χ1) is 7.00. The van der Waals surface area contributed by atoms with Crippen molar-refractivity contribution in [2.24, 2.45) is 0 Å². The van der Waals surface area contributed by atoms with E-state index < -0.39 is 48.9 Å². The van der Waals surface area contributed by atoms with E-state index in [0.29, 0.717) is 0 Å². The lowest BCUT2D eigenvalue weighted by Gasteiger charge is -2.39. The van der Waals surface area contributed by atoms with Crippen molar-refractivity contribution in [2.75, 3.05) is 0 Å². The summed E-state index contributed by atoms with van der Waals surface area (Å²) in [5.74, 6) is 0. The van der Waals surface area contributed by atoms with Crippen molar-refractivity contribution in [1.82, 2.24) is 0 Å². The van der Waals surface area contributed by atoms with Gasteiger partial charge in [-0.1, -0.05) is 11.6 Å². The van der Waals surface area contributed by atoms with Crippen LogP contribution in [0.5, 0.6) is 0 Å². The van der Waals surface area contributed by atoms with Crippen LogP contribution in [0, 0.1) is 0 Å². The molecular formula is C5Cl2F9I. The van der Waals surface area contributed by atoms with E-state index in [4.69, 9.17) is 0 Å². The van der Waals surface area contributed by atoms with Gasteiger partial charge < -0.3 is 0 Å². The molecule has 0 amide bonds. The van der Waals surface area contributed by atoms with Crippen LogP contribution in [0.1, 0.15) is 0 Å². The molecule has 0 bridgehead atoms. The molecule has 12 heteroatoms. The molecule has 2 atom stereocenters. The fourth-order valence-electron chi connectivity index (χ4n) is 0.712. The summed E-state index contributed by atoms with van der Waals surface area (Å²) in [4.78, 5) is 0. The Hall–Kier alpha value is 0.680. The SMILES string of the molecule is FC(F)(F)C(F)(C(F)(F)I)C(F)(Cl)C(F)(F)Cl. The maximum atomic E-state index is 13.1. The molecule has 0 nitrogen and oxygen atoms in total. The van der Waals surface area contributed by atoms with E-state index in [1.54, 1.807) is 0 Å². The molecule has 0 heterocycles. The largest absolute Gasteiger partial charge is 0.434 e. The van der Waals surface area contributed by atoms with Crippen LogP contribution in [0.15, 0.2) is 0 Å². The second-order valence-corrected chi connectivity index (χ2v) is 5.08. The summed E-state index contributed by atoms with van der Waals surface area (Å²) in [6, 6.07) is 0. The second kappa shape index (κ2) is 4.36. The van der Waals surface area contributed by atoms with Gasteiger partial charge in [-0.2, -0.15) is 30.7 Å². The average Bonchev–Trinajstić information content (AvgIpc) is 1.95. The van der Waals surface area contributed by atoms with Crippen LogP contribution >= 0.6 is 45.8 Å². The van der Waals surface area contributed by atoms with E-state index in [9.17, 15) is 39.5 Å². The Kier molecular flexibility index (Phi) is 4.53. The Morgan fingerprint density at radius 1 is 0.706 bits per heavy atom. The molecule has 0 spiro atoms. The van der Waals surface area contributed by atoms with E-state index in [1.807, 2.05) is 0 Å². The molecule has 0 aliphatic heterocycles. The zero-order chi connectivity index (χ0) is 14.5. The monoisotopic (exact) mass is 428 g/mol. The Bertz CT molecular complexity index is 273. The van der Waals surface area contributed by atoms with Crippen LogP contribution in [0.3, 0.4) is 0 Å². The van der Waals surface area contributed by atoms with Crippen LogP contribution in [0.2, 0.25) is 0 Å². The van der Waals surface area contributed by atoms with E-state index in [-0.39, 0.29) is 0 Å². The quantitative estimate of drug-likeness (QED) is 0.336. The second-order valence-electron chi connectivity index (χ2n) is 2.73. The molecule has 0 saturated carbocycles. The zero-order valence-corrected chi connectivity index (χ0v) is 10.7. The molecule has 0 saturated heterocycles. The number of hydrogen-bond acceptors (Lipinski definition) is 0. The Labute approximate surface area is 112 Å². The summed E-state index contributed by atoms with van der Waals surface area (Å²) < 4.78 is 106. The highest BCUT2D eigenvalue weighted by Crippen LogP contribution is 2.62. The first kappa shape index (κ1) is 17.7. The number of rotatable bonds is 3. The molecule has 0 aromatic rings. The fraction of sp³-hybridized carbons (Fsp3) is 1.00. The average molecular weight is 429 g/mol. The smallest absolute Gasteiger partial charge is 0.220 e. The number of halogens is 12. The number of alkyl halides is 12. The van der Waals surface area contributed by atoms with Gasteiger partial charge in [-0.3, -0.25) is 0 Å². The molecule has 0 aromatic heterocycles. The minimum Gasteiger partial charge on any atom is -0.220 e. The summed E-state index contributed by atoms with van der Waals surface area (Å²) in [7, 11) is 0. The lowest BCUT2D eigenvalue weighted by molar-refractivity contribution is -0.317. The minimum absolute atomic E-state index is 0.499. The molecule has 0 fully saturated rings. The highest BCUT2D eigenvalue weighted by molar-refractivity contribution is 14.1. The van der Waals surface area contributed by atoms with E-state index in [1.165, 1.54) is 0 Å². The molecule has 104 valence electrons. The Balaban J connectivity index is 6.04. The van der Waals surface area contributed by atoms with Gasteiger partial charge in [0.1, 0.15) is 0 Å². The molecule has 0 aliphatic rings. The van der Waals surface area contributed by atoms with Crippen molar-refractivity contribution in [3.63, 3.8) is 0 Å². The summed E-state index contributed by atoms with van der Waals surface area (Å²) >= 11 is 7.27. The molecule has 2 unspecified atom stereocenters. The van der Waals surface area contributed by atoms with Crippen LogP contribution in [-0.2, 0) is 0 Å². The summed E-state index contributed by atoms with van der Waals surface area (Å²) in [5, 5.41) is -11.6. The van der Waals surface area contributed by atoms with Crippen LogP contribution < -0.4 is 0 Å². The van der Waals surface area contributed by atoms with Gasteiger partial charge >= 0.3 is 26.3 Å². The first-order valence-electron chi connectivity index (χ1n) is 3.27. The standard InChI is InChI=1S/C5Cl2F9I/c6-2(9,3(7,10)11)1(8,4(12,13)14)5(15,16)17. The van der Waals surface area contributed by atoms with Crippen LogP contribution in [0.4, 0.5) is 39.5 Å². The predicted octanol–water partition coefficient (Wildman–Crippen LogP) is 5.02. The van der Waals surface area contributed by atoms with Gasteiger partial charge in [0, 0.05) is 22.6 Å². The van der Waals surface area contributed by atoms with Crippen molar-refractivity contribution in [2.45, 2.75) is 26.3 Å². The van der Waals surface area contributed by atoms with Gasteiger partial charge in [0.15, 0.2) is 0 Å². The third-order valence-electron chi connectivity index (χ3n) is 1.57. The number of hydrogen-bond donors (Lipinski definition) is 0. The third-order valence-corrected chi connectivity index (χ3v) is 3.17. The summed E-state index contributed by atoms with van der Waals surface area (Å²) in [6.07, 6.45) is -6.72. The normalized spacial score (nSPS) is 21.9. The lowest BCUT2D eigenvalue weighted by atomic mass is 9.99. The van der Waals surface area contributed by atoms with Crippen molar-refractivity contribution < 1.29 is 39.5 Å².